The molecule has 0 radical (unpaired) electrons. The summed E-state index contributed by atoms with van der Waals surface area (Å²) in [6.45, 7) is 3.37. The summed E-state index contributed by atoms with van der Waals surface area (Å²) in [5.74, 6) is -2.84. The van der Waals surface area contributed by atoms with Crippen molar-refractivity contribution in [2.45, 2.75) is 13.8 Å². The Morgan fingerprint density at radius 3 is 2.55 bits per heavy atom. The Bertz CT molecular complexity index is 694. The molecule has 7 heteroatoms. The highest BCUT2D eigenvalue weighted by molar-refractivity contribution is 6.07. The van der Waals surface area contributed by atoms with Gasteiger partial charge in [0.25, 0.3) is 5.91 Å². The van der Waals surface area contributed by atoms with Crippen molar-refractivity contribution in [3.05, 3.63) is 40.7 Å². The van der Waals surface area contributed by atoms with E-state index >= 15 is 0 Å². The summed E-state index contributed by atoms with van der Waals surface area (Å²) in [4.78, 5) is 12.2. The maximum Gasteiger partial charge on any atom is 0.259 e. The number of benzene rings is 1. The van der Waals surface area contributed by atoms with Crippen LogP contribution in [0, 0.1) is 25.5 Å². The van der Waals surface area contributed by atoms with Crippen molar-refractivity contribution in [3.8, 4) is 0 Å². The first kappa shape index (κ1) is 14.0. The molecule has 0 aliphatic rings. The van der Waals surface area contributed by atoms with Crippen LogP contribution in [-0.2, 0) is 7.05 Å². The quantitative estimate of drug-likeness (QED) is 0.828. The third-order valence-electron chi connectivity index (χ3n) is 3.10. The SMILES string of the molecule is Cc1nn(C)c(C)c1C(=O)Nc1c(N)ccc(F)c1F. The van der Waals surface area contributed by atoms with E-state index in [1.807, 2.05) is 0 Å². The fourth-order valence-electron chi connectivity index (χ4n) is 1.97. The Kier molecular flexibility index (Phi) is 3.44. The van der Waals surface area contributed by atoms with Crippen molar-refractivity contribution >= 4 is 17.3 Å². The molecule has 5 nitrogen and oxygen atoms in total. The average Bonchev–Trinajstić information content (AvgIpc) is 2.63. The van der Waals surface area contributed by atoms with Crippen LogP contribution in [0.4, 0.5) is 20.2 Å². The van der Waals surface area contributed by atoms with Gasteiger partial charge in [-0.2, -0.15) is 5.10 Å². The second-order valence-electron chi connectivity index (χ2n) is 4.45. The number of nitrogens with two attached hydrogens (primary N) is 1. The van der Waals surface area contributed by atoms with Crippen molar-refractivity contribution in [1.29, 1.82) is 0 Å². The van der Waals surface area contributed by atoms with Gasteiger partial charge in [0, 0.05) is 12.7 Å². The number of rotatable bonds is 2. The van der Waals surface area contributed by atoms with E-state index in [-0.39, 0.29) is 11.4 Å². The van der Waals surface area contributed by atoms with E-state index in [4.69, 9.17) is 5.73 Å². The molecular formula is C13H14F2N4O. The van der Waals surface area contributed by atoms with Gasteiger partial charge < -0.3 is 11.1 Å². The zero-order chi connectivity index (χ0) is 15.0. The highest BCUT2D eigenvalue weighted by Gasteiger charge is 2.20. The Morgan fingerprint density at radius 1 is 1.35 bits per heavy atom. The molecule has 0 fully saturated rings. The van der Waals surface area contributed by atoms with Gasteiger partial charge in [-0.15, -0.1) is 0 Å². The van der Waals surface area contributed by atoms with Crippen LogP contribution < -0.4 is 11.1 Å². The molecule has 0 unspecified atom stereocenters. The molecule has 1 heterocycles. The predicted octanol–water partition coefficient (Wildman–Crippen LogP) is 2.15. The number of hydrogen-bond donors (Lipinski definition) is 2. The number of aromatic nitrogens is 2. The fourth-order valence-corrected chi connectivity index (χ4v) is 1.97. The Labute approximate surface area is 114 Å². The lowest BCUT2D eigenvalue weighted by molar-refractivity contribution is 0.102. The highest BCUT2D eigenvalue weighted by Crippen LogP contribution is 2.25. The Hall–Kier alpha value is -2.44. The van der Waals surface area contributed by atoms with Gasteiger partial charge in [0.15, 0.2) is 11.6 Å². The standard InChI is InChI=1S/C13H14F2N4O/c1-6-10(7(2)19(3)18-6)13(20)17-12-9(16)5-4-8(14)11(12)15/h4-5H,16H2,1-3H3,(H,17,20). The lowest BCUT2D eigenvalue weighted by Gasteiger charge is -2.10. The molecule has 3 N–H and O–H groups in total. The maximum atomic E-state index is 13.7. The minimum atomic E-state index is -1.18. The van der Waals surface area contributed by atoms with Gasteiger partial charge in [-0.05, 0) is 26.0 Å². The van der Waals surface area contributed by atoms with E-state index in [1.165, 1.54) is 10.7 Å². The first-order valence-electron chi connectivity index (χ1n) is 5.88. The largest absolute Gasteiger partial charge is 0.397 e. The molecule has 106 valence electrons. The lowest BCUT2D eigenvalue weighted by atomic mass is 10.1. The van der Waals surface area contributed by atoms with Crippen molar-refractivity contribution in [3.63, 3.8) is 0 Å². The molecule has 0 spiro atoms. The number of carbonyl (C=O) groups is 1. The van der Waals surface area contributed by atoms with Crippen molar-refractivity contribution in [1.82, 2.24) is 9.78 Å². The van der Waals surface area contributed by atoms with Gasteiger partial charge in [-0.3, -0.25) is 9.48 Å². The first-order chi connectivity index (χ1) is 9.32. The maximum absolute atomic E-state index is 13.7. The van der Waals surface area contributed by atoms with Gasteiger partial charge in [0.2, 0.25) is 0 Å². The number of carbonyl (C=O) groups excluding carboxylic acids is 1. The van der Waals surface area contributed by atoms with E-state index in [0.29, 0.717) is 17.0 Å². The molecule has 1 aromatic heterocycles. The minimum Gasteiger partial charge on any atom is -0.397 e. The topological polar surface area (TPSA) is 72.9 Å². The molecule has 0 saturated heterocycles. The van der Waals surface area contributed by atoms with Crippen LogP contribution in [0.1, 0.15) is 21.7 Å². The van der Waals surface area contributed by atoms with Crippen LogP contribution >= 0.6 is 0 Å². The normalized spacial score (nSPS) is 10.7. The molecule has 2 aromatic rings. The molecular weight excluding hydrogens is 266 g/mol. The van der Waals surface area contributed by atoms with Crippen LogP contribution in [0.15, 0.2) is 12.1 Å². The molecule has 0 saturated carbocycles. The second kappa shape index (κ2) is 4.92. The lowest BCUT2D eigenvalue weighted by Crippen LogP contribution is -2.16. The summed E-state index contributed by atoms with van der Waals surface area (Å²) >= 11 is 0. The van der Waals surface area contributed by atoms with Crippen LogP contribution in [0.5, 0.6) is 0 Å². The van der Waals surface area contributed by atoms with E-state index < -0.39 is 17.5 Å². The highest BCUT2D eigenvalue weighted by atomic mass is 19.2. The molecule has 0 aliphatic heterocycles. The summed E-state index contributed by atoms with van der Waals surface area (Å²) in [6, 6.07) is 2.10. The summed E-state index contributed by atoms with van der Waals surface area (Å²) in [6.07, 6.45) is 0. The monoisotopic (exact) mass is 280 g/mol. The number of nitrogens with zero attached hydrogens (tertiary/aromatic N) is 2. The number of hydrogen-bond acceptors (Lipinski definition) is 3. The number of anilines is 2. The number of nitrogens with one attached hydrogen (secondary N) is 1. The van der Waals surface area contributed by atoms with Gasteiger partial charge in [-0.1, -0.05) is 0 Å². The van der Waals surface area contributed by atoms with Crippen molar-refractivity contribution in [2.24, 2.45) is 7.05 Å². The van der Waals surface area contributed by atoms with Crippen LogP contribution in [-0.4, -0.2) is 15.7 Å². The summed E-state index contributed by atoms with van der Waals surface area (Å²) in [5, 5.41) is 6.39. The number of amides is 1. The summed E-state index contributed by atoms with van der Waals surface area (Å²) in [7, 11) is 1.69. The van der Waals surface area contributed by atoms with Crippen LogP contribution in [0.25, 0.3) is 0 Å². The first-order valence-corrected chi connectivity index (χ1v) is 5.88. The fraction of sp³-hybridized carbons (Fsp3) is 0.231. The zero-order valence-corrected chi connectivity index (χ0v) is 11.3. The third kappa shape index (κ3) is 2.22. The Morgan fingerprint density at radius 2 is 2.00 bits per heavy atom. The number of halogens is 2. The minimum absolute atomic E-state index is 0.0450. The van der Waals surface area contributed by atoms with E-state index in [0.717, 1.165) is 6.07 Å². The van der Waals surface area contributed by atoms with Crippen molar-refractivity contribution in [2.75, 3.05) is 11.1 Å². The summed E-state index contributed by atoms with van der Waals surface area (Å²) < 4.78 is 28.4. The zero-order valence-electron chi connectivity index (χ0n) is 11.3. The second-order valence-corrected chi connectivity index (χ2v) is 4.45. The third-order valence-corrected chi connectivity index (χ3v) is 3.10. The van der Waals surface area contributed by atoms with Gasteiger partial charge in [0.05, 0.1) is 16.9 Å². The Balaban J connectivity index is 2.40. The molecule has 2 rings (SSSR count). The average molecular weight is 280 g/mol. The predicted molar refractivity (Wildman–Crippen MR) is 71.4 cm³/mol. The van der Waals surface area contributed by atoms with E-state index in [1.54, 1.807) is 20.9 Å². The van der Waals surface area contributed by atoms with Crippen LogP contribution in [0.2, 0.25) is 0 Å². The van der Waals surface area contributed by atoms with Gasteiger partial charge >= 0.3 is 0 Å². The molecule has 0 aliphatic carbocycles. The number of nitrogen functional groups attached to an aromatic ring is 1. The van der Waals surface area contributed by atoms with Crippen molar-refractivity contribution < 1.29 is 13.6 Å². The summed E-state index contributed by atoms with van der Waals surface area (Å²) in [5.41, 5.74) is 6.58. The smallest absolute Gasteiger partial charge is 0.259 e. The molecule has 0 bridgehead atoms. The van der Waals surface area contributed by atoms with E-state index in [2.05, 4.69) is 10.4 Å². The molecule has 1 aromatic carbocycles. The van der Waals surface area contributed by atoms with E-state index in [9.17, 15) is 13.6 Å². The molecule has 20 heavy (non-hydrogen) atoms. The van der Waals surface area contributed by atoms with Crippen LogP contribution in [0.3, 0.4) is 0 Å². The number of aryl methyl sites for hydroxylation is 2. The van der Waals surface area contributed by atoms with Gasteiger partial charge in [-0.25, -0.2) is 8.78 Å². The molecule has 1 amide bonds. The van der Waals surface area contributed by atoms with Gasteiger partial charge in [0.1, 0.15) is 5.69 Å². The molecule has 0 atom stereocenters.